The lowest BCUT2D eigenvalue weighted by Gasteiger charge is -2.22. The fourth-order valence-corrected chi connectivity index (χ4v) is 4.05. The molecule has 5 nitrogen and oxygen atoms in total. The first-order valence-electron chi connectivity index (χ1n) is 9.36. The van der Waals surface area contributed by atoms with Crippen LogP contribution in [0.4, 0.5) is 0 Å². The van der Waals surface area contributed by atoms with Crippen molar-refractivity contribution >= 4 is 26.8 Å². The molecule has 1 aliphatic rings. The van der Waals surface area contributed by atoms with Crippen LogP contribution in [0.1, 0.15) is 29.9 Å². The summed E-state index contributed by atoms with van der Waals surface area (Å²) in [6, 6.07) is 8.24. The molecule has 0 radical (unpaired) electrons. The summed E-state index contributed by atoms with van der Waals surface area (Å²) in [7, 11) is 0. The predicted octanol–water partition coefficient (Wildman–Crippen LogP) is 4.91. The number of aryl methyl sites for hydroxylation is 3. The Morgan fingerprint density at radius 1 is 1.11 bits per heavy atom. The number of hydrogen-bond donors (Lipinski definition) is 0. The number of hydrogen-bond acceptors (Lipinski definition) is 4. The Bertz CT molecular complexity index is 958. The smallest absolute Gasteiger partial charge is 0.235 e. The minimum Gasteiger partial charge on any atom is -0.491 e. The lowest BCUT2D eigenvalue weighted by molar-refractivity contribution is 0.0499. The van der Waals surface area contributed by atoms with Crippen LogP contribution in [0.2, 0.25) is 0 Å². The van der Waals surface area contributed by atoms with Gasteiger partial charge in [-0.15, -0.1) is 0 Å². The molecule has 142 valence electrons. The van der Waals surface area contributed by atoms with Crippen LogP contribution < -0.4 is 4.74 Å². The maximum Gasteiger partial charge on any atom is 0.235 e. The zero-order chi connectivity index (χ0) is 19.0. The topological polar surface area (TPSA) is 49.2 Å². The van der Waals surface area contributed by atoms with Crippen molar-refractivity contribution in [2.45, 2.75) is 33.6 Å². The number of benzene rings is 1. The first-order valence-corrected chi connectivity index (χ1v) is 10.2. The van der Waals surface area contributed by atoms with E-state index in [-0.39, 0.29) is 0 Å². The van der Waals surface area contributed by atoms with Crippen LogP contribution in [-0.2, 0) is 4.74 Å². The molecule has 3 heterocycles. The molecule has 2 aromatic heterocycles. The second-order valence-corrected chi connectivity index (χ2v) is 8.14. The van der Waals surface area contributed by atoms with Gasteiger partial charge in [0, 0.05) is 34.5 Å². The summed E-state index contributed by atoms with van der Waals surface area (Å²) >= 11 is 3.60. The van der Waals surface area contributed by atoms with Crippen LogP contribution in [0, 0.1) is 26.7 Å². The summed E-state index contributed by atoms with van der Waals surface area (Å²) in [5.74, 6) is 2.03. The van der Waals surface area contributed by atoms with Gasteiger partial charge in [-0.1, -0.05) is 15.9 Å². The maximum atomic E-state index is 6.24. The van der Waals surface area contributed by atoms with Crippen molar-refractivity contribution in [3.05, 3.63) is 45.8 Å². The maximum absolute atomic E-state index is 6.24. The second kappa shape index (κ2) is 7.60. The summed E-state index contributed by atoms with van der Waals surface area (Å²) in [6.45, 7) is 8.50. The zero-order valence-corrected chi connectivity index (χ0v) is 17.5. The summed E-state index contributed by atoms with van der Waals surface area (Å²) in [6.07, 6.45) is 2.10. The van der Waals surface area contributed by atoms with Gasteiger partial charge in [0.25, 0.3) is 0 Å². The highest BCUT2D eigenvalue weighted by Gasteiger charge is 2.18. The van der Waals surface area contributed by atoms with Crippen LogP contribution >= 0.6 is 15.9 Å². The quantitative estimate of drug-likeness (QED) is 0.590. The SMILES string of the molecule is Cc1nc(-n2c(C)ccc2C)nc2c(OCC3CCOCC3)cc(Br)cc12. The summed E-state index contributed by atoms with van der Waals surface area (Å²) < 4.78 is 14.7. The number of fused-ring (bicyclic) bond motifs is 1. The minimum absolute atomic E-state index is 0.532. The van der Waals surface area contributed by atoms with Gasteiger partial charge in [0.2, 0.25) is 5.95 Å². The van der Waals surface area contributed by atoms with Crippen molar-refractivity contribution in [1.29, 1.82) is 0 Å². The average molecular weight is 430 g/mol. The van der Waals surface area contributed by atoms with Crippen molar-refractivity contribution in [3.8, 4) is 11.7 Å². The first-order chi connectivity index (χ1) is 13.0. The van der Waals surface area contributed by atoms with Gasteiger partial charge in [-0.2, -0.15) is 0 Å². The van der Waals surface area contributed by atoms with Crippen LogP contribution in [0.15, 0.2) is 28.7 Å². The molecular formula is C21H24BrN3O2. The monoisotopic (exact) mass is 429 g/mol. The normalized spacial score (nSPS) is 15.4. The molecule has 27 heavy (non-hydrogen) atoms. The Labute approximate surface area is 167 Å². The van der Waals surface area contributed by atoms with E-state index in [1.807, 2.05) is 13.0 Å². The van der Waals surface area contributed by atoms with Crippen molar-refractivity contribution in [2.75, 3.05) is 19.8 Å². The van der Waals surface area contributed by atoms with E-state index in [1.54, 1.807) is 0 Å². The molecule has 1 saturated heterocycles. The number of aromatic nitrogens is 3. The predicted molar refractivity (Wildman–Crippen MR) is 110 cm³/mol. The fourth-order valence-electron chi connectivity index (χ4n) is 3.62. The Balaban J connectivity index is 1.76. The third-order valence-electron chi connectivity index (χ3n) is 5.20. The second-order valence-electron chi connectivity index (χ2n) is 7.23. The van der Waals surface area contributed by atoms with Crippen LogP contribution in [-0.4, -0.2) is 34.4 Å². The van der Waals surface area contributed by atoms with Crippen molar-refractivity contribution in [2.24, 2.45) is 5.92 Å². The molecule has 1 fully saturated rings. The van der Waals surface area contributed by atoms with E-state index in [2.05, 4.69) is 52.5 Å². The largest absolute Gasteiger partial charge is 0.491 e. The van der Waals surface area contributed by atoms with Gasteiger partial charge in [0.15, 0.2) is 0 Å². The van der Waals surface area contributed by atoms with Gasteiger partial charge in [0.1, 0.15) is 11.3 Å². The lowest BCUT2D eigenvalue weighted by atomic mass is 10.0. The molecule has 3 aromatic rings. The summed E-state index contributed by atoms with van der Waals surface area (Å²) in [4.78, 5) is 9.64. The van der Waals surface area contributed by atoms with Gasteiger partial charge in [-0.25, -0.2) is 9.97 Å². The van der Waals surface area contributed by atoms with E-state index in [9.17, 15) is 0 Å². The van der Waals surface area contributed by atoms with Gasteiger partial charge < -0.3 is 9.47 Å². The third-order valence-corrected chi connectivity index (χ3v) is 5.65. The minimum atomic E-state index is 0.532. The first kappa shape index (κ1) is 18.4. The highest BCUT2D eigenvalue weighted by atomic mass is 79.9. The molecule has 0 atom stereocenters. The molecule has 4 rings (SSSR count). The molecule has 1 aromatic carbocycles. The molecule has 0 spiro atoms. The highest BCUT2D eigenvalue weighted by Crippen LogP contribution is 2.32. The van der Waals surface area contributed by atoms with E-state index >= 15 is 0 Å². The van der Waals surface area contributed by atoms with Crippen molar-refractivity contribution in [3.63, 3.8) is 0 Å². The van der Waals surface area contributed by atoms with Crippen LogP contribution in [0.3, 0.4) is 0 Å². The molecule has 0 bridgehead atoms. The molecule has 0 saturated carbocycles. The number of ether oxygens (including phenoxy) is 2. The van der Waals surface area contributed by atoms with E-state index in [1.165, 1.54) is 0 Å². The molecule has 0 unspecified atom stereocenters. The van der Waals surface area contributed by atoms with Gasteiger partial charge in [-0.05, 0) is 63.8 Å². The van der Waals surface area contributed by atoms with Crippen LogP contribution in [0.25, 0.3) is 16.9 Å². The van der Waals surface area contributed by atoms with Gasteiger partial charge in [-0.3, -0.25) is 4.57 Å². The molecule has 6 heteroatoms. The van der Waals surface area contributed by atoms with Crippen LogP contribution in [0.5, 0.6) is 5.75 Å². The standard InChI is InChI=1S/C21H24BrN3O2/c1-13-4-5-14(2)25(13)21-23-15(3)18-10-17(22)11-19(20(18)24-21)27-12-16-6-8-26-9-7-16/h4-5,10-11,16H,6-9,12H2,1-3H3. The Morgan fingerprint density at radius 3 is 2.52 bits per heavy atom. The molecule has 0 N–H and O–H groups in total. The summed E-state index contributed by atoms with van der Waals surface area (Å²) in [5, 5.41) is 1.01. The van der Waals surface area contributed by atoms with E-state index in [0.29, 0.717) is 18.5 Å². The van der Waals surface area contributed by atoms with E-state index in [0.717, 1.165) is 64.3 Å². The Kier molecular flexibility index (Phi) is 5.19. The van der Waals surface area contributed by atoms with E-state index < -0.39 is 0 Å². The molecular weight excluding hydrogens is 406 g/mol. The summed E-state index contributed by atoms with van der Waals surface area (Å²) in [5.41, 5.74) is 4.04. The molecule has 0 amide bonds. The van der Waals surface area contributed by atoms with E-state index in [4.69, 9.17) is 19.4 Å². The zero-order valence-electron chi connectivity index (χ0n) is 16.0. The van der Waals surface area contributed by atoms with Crippen molar-refractivity contribution in [1.82, 2.24) is 14.5 Å². The highest BCUT2D eigenvalue weighted by molar-refractivity contribution is 9.10. The van der Waals surface area contributed by atoms with Gasteiger partial charge >= 0.3 is 0 Å². The van der Waals surface area contributed by atoms with Gasteiger partial charge in [0.05, 0.1) is 12.3 Å². The average Bonchev–Trinajstić information content (AvgIpc) is 2.99. The Hall–Kier alpha value is -1.92. The molecule has 0 aliphatic carbocycles. The molecule has 1 aliphatic heterocycles. The third kappa shape index (κ3) is 3.73. The Morgan fingerprint density at radius 2 is 1.81 bits per heavy atom. The fraction of sp³-hybridized carbons (Fsp3) is 0.429. The lowest BCUT2D eigenvalue weighted by Crippen LogP contribution is -2.21. The number of rotatable bonds is 4. The number of nitrogens with zero attached hydrogens (tertiary/aromatic N) is 3. The number of halogens is 1. The van der Waals surface area contributed by atoms with Crippen molar-refractivity contribution < 1.29 is 9.47 Å².